The molecule has 0 radical (unpaired) electrons. The lowest BCUT2D eigenvalue weighted by molar-refractivity contribution is -0.0259. The zero-order valence-corrected chi connectivity index (χ0v) is 12.8. The van der Waals surface area contributed by atoms with Gasteiger partial charge in [-0.25, -0.2) is 8.42 Å². The zero-order chi connectivity index (χ0) is 15.6. The molecule has 0 aliphatic carbocycles. The van der Waals surface area contributed by atoms with E-state index in [-0.39, 0.29) is 16.5 Å². The summed E-state index contributed by atoms with van der Waals surface area (Å²) < 4.78 is 35.6. The molecule has 2 aromatic rings. The Morgan fingerprint density at radius 3 is 2.52 bits per heavy atom. The predicted octanol–water partition coefficient (Wildman–Crippen LogP) is 1.24. The van der Waals surface area contributed by atoms with Crippen LogP contribution in [-0.4, -0.2) is 44.3 Å². The highest BCUT2D eigenvalue weighted by molar-refractivity contribution is 7.89. The number of hydrogen-bond acceptors (Lipinski definition) is 7. The minimum Gasteiger partial charge on any atom is -0.495 e. The number of aromatic nitrogens is 2. The van der Waals surface area contributed by atoms with Gasteiger partial charge in [-0.3, -0.25) is 4.84 Å². The van der Waals surface area contributed by atoms with Gasteiger partial charge in [0.2, 0.25) is 0 Å². The molecular weight excluding hydrogens is 298 g/mol. The molecule has 0 bridgehead atoms. The first-order valence-electron chi connectivity index (χ1n) is 5.92. The lowest BCUT2D eigenvalue weighted by Gasteiger charge is -2.16. The molecule has 0 aliphatic rings. The highest BCUT2D eigenvalue weighted by atomic mass is 32.2. The van der Waals surface area contributed by atoms with Crippen molar-refractivity contribution < 1.29 is 22.5 Å². The smallest absolute Gasteiger partial charge is 0.268 e. The number of hydroxylamine groups is 1. The maximum absolute atomic E-state index is 12.4. The number of methoxy groups -OCH3 is 1. The minimum atomic E-state index is -3.86. The molecule has 21 heavy (non-hydrogen) atoms. The van der Waals surface area contributed by atoms with Crippen LogP contribution in [0, 0.1) is 6.92 Å². The fourth-order valence-electron chi connectivity index (χ4n) is 1.66. The van der Waals surface area contributed by atoms with Gasteiger partial charge in [0, 0.05) is 12.6 Å². The van der Waals surface area contributed by atoms with Crippen LogP contribution in [0.3, 0.4) is 0 Å². The van der Waals surface area contributed by atoms with E-state index in [2.05, 4.69) is 10.1 Å². The SMILES string of the molecule is COc1ccc(-c2nc(C)no2)cc1S(=O)(=O)N(C)OC. The van der Waals surface area contributed by atoms with Crippen LogP contribution in [-0.2, 0) is 14.9 Å². The molecule has 0 aliphatic heterocycles. The summed E-state index contributed by atoms with van der Waals surface area (Å²) in [5, 5.41) is 3.68. The monoisotopic (exact) mass is 313 g/mol. The molecule has 0 N–H and O–H groups in total. The van der Waals surface area contributed by atoms with Gasteiger partial charge in [-0.05, 0) is 25.1 Å². The Morgan fingerprint density at radius 1 is 1.29 bits per heavy atom. The van der Waals surface area contributed by atoms with Crippen LogP contribution in [0.1, 0.15) is 5.82 Å². The van der Waals surface area contributed by atoms with Crippen molar-refractivity contribution in [3.05, 3.63) is 24.0 Å². The third kappa shape index (κ3) is 2.89. The van der Waals surface area contributed by atoms with E-state index in [4.69, 9.17) is 14.1 Å². The average molecular weight is 313 g/mol. The van der Waals surface area contributed by atoms with Gasteiger partial charge in [0.25, 0.3) is 15.9 Å². The molecule has 2 rings (SSSR count). The molecule has 0 spiro atoms. The molecule has 0 unspecified atom stereocenters. The van der Waals surface area contributed by atoms with Crippen molar-refractivity contribution in [1.29, 1.82) is 0 Å². The van der Waals surface area contributed by atoms with Crippen LogP contribution in [0.2, 0.25) is 0 Å². The highest BCUT2D eigenvalue weighted by Gasteiger charge is 2.26. The van der Waals surface area contributed by atoms with Crippen molar-refractivity contribution >= 4 is 10.0 Å². The molecular formula is C12H15N3O5S. The van der Waals surface area contributed by atoms with Gasteiger partial charge in [0.15, 0.2) is 5.82 Å². The summed E-state index contributed by atoms with van der Waals surface area (Å²) in [6.07, 6.45) is 0. The highest BCUT2D eigenvalue weighted by Crippen LogP contribution is 2.30. The van der Waals surface area contributed by atoms with Crippen molar-refractivity contribution in [2.24, 2.45) is 0 Å². The van der Waals surface area contributed by atoms with E-state index in [1.807, 2.05) is 0 Å². The Kier molecular flexibility index (Phi) is 4.26. The fourth-order valence-corrected chi connectivity index (χ4v) is 2.82. The zero-order valence-electron chi connectivity index (χ0n) is 12.0. The lowest BCUT2D eigenvalue weighted by atomic mass is 10.2. The van der Waals surface area contributed by atoms with Crippen molar-refractivity contribution in [2.75, 3.05) is 21.3 Å². The molecule has 1 heterocycles. The van der Waals surface area contributed by atoms with Crippen LogP contribution in [0.5, 0.6) is 5.75 Å². The molecule has 0 atom stereocenters. The molecule has 9 heteroatoms. The molecule has 0 saturated carbocycles. The van der Waals surface area contributed by atoms with Gasteiger partial charge in [0.05, 0.1) is 14.2 Å². The van der Waals surface area contributed by atoms with Gasteiger partial charge in [-0.1, -0.05) is 9.63 Å². The first kappa shape index (κ1) is 15.4. The molecule has 1 aromatic heterocycles. The second-order valence-electron chi connectivity index (χ2n) is 4.11. The van der Waals surface area contributed by atoms with E-state index in [0.717, 1.165) is 4.47 Å². The third-order valence-corrected chi connectivity index (χ3v) is 4.51. The Hall–Kier alpha value is -1.97. The molecule has 1 aromatic carbocycles. The fraction of sp³-hybridized carbons (Fsp3) is 0.333. The maximum Gasteiger partial charge on any atom is 0.268 e. The van der Waals surface area contributed by atoms with Crippen LogP contribution < -0.4 is 4.74 Å². The van der Waals surface area contributed by atoms with E-state index in [1.165, 1.54) is 33.4 Å². The van der Waals surface area contributed by atoms with E-state index in [1.54, 1.807) is 13.0 Å². The predicted molar refractivity (Wildman–Crippen MR) is 73.0 cm³/mol. The number of ether oxygens (including phenoxy) is 1. The molecule has 0 saturated heterocycles. The van der Waals surface area contributed by atoms with E-state index in [9.17, 15) is 8.42 Å². The number of aryl methyl sites for hydroxylation is 1. The van der Waals surface area contributed by atoms with Crippen LogP contribution in [0.15, 0.2) is 27.6 Å². The first-order valence-corrected chi connectivity index (χ1v) is 7.36. The number of nitrogens with zero attached hydrogens (tertiary/aromatic N) is 3. The molecule has 0 fully saturated rings. The number of sulfonamides is 1. The van der Waals surface area contributed by atoms with Crippen LogP contribution >= 0.6 is 0 Å². The van der Waals surface area contributed by atoms with Crippen molar-refractivity contribution in [3.63, 3.8) is 0 Å². The Labute approximate surface area is 122 Å². The largest absolute Gasteiger partial charge is 0.495 e. The summed E-state index contributed by atoms with van der Waals surface area (Å²) in [6.45, 7) is 1.67. The van der Waals surface area contributed by atoms with Crippen LogP contribution in [0.25, 0.3) is 11.5 Å². The molecule has 114 valence electrons. The maximum atomic E-state index is 12.4. The summed E-state index contributed by atoms with van der Waals surface area (Å²) >= 11 is 0. The lowest BCUT2D eigenvalue weighted by Crippen LogP contribution is -2.26. The Morgan fingerprint density at radius 2 is 2.00 bits per heavy atom. The van der Waals surface area contributed by atoms with Crippen molar-refractivity contribution in [2.45, 2.75) is 11.8 Å². The normalized spacial score (nSPS) is 11.9. The van der Waals surface area contributed by atoms with Crippen LogP contribution in [0.4, 0.5) is 0 Å². The quantitative estimate of drug-likeness (QED) is 0.766. The van der Waals surface area contributed by atoms with E-state index < -0.39 is 10.0 Å². The summed E-state index contributed by atoms with van der Waals surface area (Å²) in [6, 6.07) is 4.56. The van der Waals surface area contributed by atoms with Crippen molar-refractivity contribution in [1.82, 2.24) is 14.6 Å². The second kappa shape index (κ2) is 5.80. The van der Waals surface area contributed by atoms with Crippen molar-refractivity contribution in [3.8, 4) is 17.2 Å². The number of hydrogen-bond donors (Lipinski definition) is 0. The summed E-state index contributed by atoms with van der Waals surface area (Å²) in [7, 11) is 0.0765. The Bertz CT molecular complexity index is 741. The van der Waals surface area contributed by atoms with Gasteiger partial charge in [-0.15, -0.1) is 0 Å². The summed E-state index contributed by atoms with van der Waals surface area (Å²) in [5.74, 6) is 0.879. The summed E-state index contributed by atoms with van der Waals surface area (Å²) in [4.78, 5) is 8.77. The van der Waals surface area contributed by atoms with Gasteiger partial charge in [0.1, 0.15) is 10.6 Å². The molecule has 8 nitrogen and oxygen atoms in total. The Balaban J connectivity index is 2.59. The number of rotatable bonds is 5. The first-order chi connectivity index (χ1) is 9.90. The average Bonchev–Trinajstić information content (AvgIpc) is 2.92. The van der Waals surface area contributed by atoms with Gasteiger partial charge < -0.3 is 9.26 Å². The topological polar surface area (TPSA) is 94.8 Å². The van der Waals surface area contributed by atoms with Gasteiger partial charge >= 0.3 is 0 Å². The third-order valence-electron chi connectivity index (χ3n) is 2.81. The standard InChI is InChI=1S/C12H15N3O5S/c1-8-13-12(20-14-8)9-5-6-10(18-3)11(7-9)21(16,17)15(2)19-4/h5-7H,1-4H3. The molecule has 0 amide bonds. The summed E-state index contributed by atoms with van der Waals surface area (Å²) in [5.41, 5.74) is 0.472. The van der Waals surface area contributed by atoms with E-state index >= 15 is 0 Å². The second-order valence-corrected chi connectivity index (χ2v) is 6.01. The van der Waals surface area contributed by atoms with Gasteiger partial charge in [-0.2, -0.15) is 4.98 Å². The van der Waals surface area contributed by atoms with E-state index in [0.29, 0.717) is 11.4 Å². The number of benzene rings is 1. The minimum absolute atomic E-state index is 0.0531.